The van der Waals surface area contributed by atoms with Gasteiger partial charge in [0.2, 0.25) is 11.8 Å². The number of aryl methyl sites for hydroxylation is 1. The van der Waals surface area contributed by atoms with Gasteiger partial charge in [-0.05, 0) is 42.7 Å². The van der Waals surface area contributed by atoms with Crippen molar-refractivity contribution in [1.29, 1.82) is 0 Å². The van der Waals surface area contributed by atoms with E-state index in [1.54, 1.807) is 18.2 Å². The van der Waals surface area contributed by atoms with Gasteiger partial charge < -0.3 is 10.6 Å². The number of amides is 2. The molecule has 0 heterocycles. The number of rotatable bonds is 5. The number of nitrogens with one attached hydrogen (secondary N) is 2. The molecular formula is C19H18Cl2N2O2. The van der Waals surface area contributed by atoms with Gasteiger partial charge in [0, 0.05) is 10.7 Å². The molecule has 3 rings (SSSR count). The van der Waals surface area contributed by atoms with Crippen LogP contribution >= 0.6 is 23.2 Å². The number of carbonyl (C=O) groups excluding carboxylic acids is 2. The van der Waals surface area contributed by atoms with E-state index in [-0.39, 0.29) is 23.7 Å². The van der Waals surface area contributed by atoms with Crippen molar-refractivity contribution >= 4 is 46.4 Å². The lowest BCUT2D eigenvalue weighted by Gasteiger charge is -2.10. The molecule has 1 aliphatic carbocycles. The summed E-state index contributed by atoms with van der Waals surface area (Å²) in [5.41, 5.74) is 2.34. The summed E-state index contributed by atoms with van der Waals surface area (Å²) in [5.74, 6) is -1.00. The van der Waals surface area contributed by atoms with Crippen LogP contribution in [0.3, 0.4) is 0 Å². The average Bonchev–Trinajstić information content (AvgIpc) is 3.39. The predicted molar refractivity (Wildman–Crippen MR) is 101 cm³/mol. The molecule has 4 nitrogen and oxygen atoms in total. The zero-order chi connectivity index (χ0) is 18.0. The van der Waals surface area contributed by atoms with Crippen LogP contribution < -0.4 is 10.6 Å². The highest BCUT2D eigenvalue weighted by Crippen LogP contribution is 2.41. The maximum Gasteiger partial charge on any atom is 0.228 e. The van der Waals surface area contributed by atoms with E-state index < -0.39 is 0 Å². The zero-order valence-corrected chi connectivity index (χ0v) is 15.2. The van der Waals surface area contributed by atoms with Crippen LogP contribution in [0.2, 0.25) is 10.0 Å². The van der Waals surface area contributed by atoms with Gasteiger partial charge in [0.1, 0.15) is 0 Å². The Morgan fingerprint density at radius 1 is 1.00 bits per heavy atom. The van der Waals surface area contributed by atoms with Crippen molar-refractivity contribution in [1.82, 2.24) is 0 Å². The molecule has 0 spiro atoms. The Morgan fingerprint density at radius 2 is 1.64 bits per heavy atom. The molecule has 2 aromatic rings. The van der Waals surface area contributed by atoms with Gasteiger partial charge in [-0.15, -0.1) is 0 Å². The van der Waals surface area contributed by atoms with E-state index in [1.165, 1.54) is 0 Å². The summed E-state index contributed by atoms with van der Waals surface area (Å²) in [7, 11) is 0. The van der Waals surface area contributed by atoms with Crippen molar-refractivity contribution in [3.63, 3.8) is 0 Å². The smallest absolute Gasteiger partial charge is 0.228 e. The van der Waals surface area contributed by atoms with Gasteiger partial charge in [0.05, 0.1) is 22.5 Å². The molecule has 0 radical (unpaired) electrons. The van der Waals surface area contributed by atoms with Crippen molar-refractivity contribution < 1.29 is 9.59 Å². The highest BCUT2D eigenvalue weighted by molar-refractivity contribution is 6.35. The third-order valence-electron chi connectivity index (χ3n) is 4.31. The molecule has 0 saturated heterocycles. The third-order valence-corrected chi connectivity index (χ3v) is 4.87. The van der Waals surface area contributed by atoms with Crippen LogP contribution in [0.4, 0.5) is 11.4 Å². The number of hydrogen-bond acceptors (Lipinski definition) is 2. The quantitative estimate of drug-likeness (QED) is 0.789. The van der Waals surface area contributed by atoms with E-state index >= 15 is 0 Å². The minimum atomic E-state index is -0.344. The van der Waals surface area contributed by atoms with E-state index in [0.29, 0.717) is 22.2 Å². The summed E-state index contributed by atoms with van der Waals surface area (Å²) >= 11 is 12.0. The largest absolute Gasteiger partial charge is 0.326 e. The van der Waals surface area contributed by atoms with E-state index in [0.717, 1.165) is 17.7 Å². The van der Waals surface area contributed by atoms with Gasteiger partial charge >= 0.3 is 0 Å². The second-order valence-corrected chi connectivity index (χ2v) is 6.91. The van der Waals surface area contributed by atoms with Gasteiger partial charge in [-0.1, -0.05) is 48.3 Å². The lowest BCUT2D eigenvalue weighted by molar-refractivity contribution is -0.122. The highest BCUT2D eigenvalue weighted by Gasteiger charge is 2.48. The Morgan fingerprint density at radius 3 is 2.32 bits per heavy atom. The maximum atomic E-state index is 12.4. The number of hydrogen-bond donors (Lipinski definition) is 2. The average molecular weight is 377 g/mol. The molecule has 2 amide bonds. The molecule has 1 saturated carbocycles. The minimum absolute atomic E-state index is 0.127. The number of carbonyl (C=O) groups is 2. The number of anilines is 2. The first-order valence-electron chi connectivity index (χ1n) is 8.14. The Balaban J connectivity index is 1.61. The molecule has 0 aromatic heterocycles. The summed E-state index contributed by atoms with van der Waals surface area (Å²) in [4.78, 5) is 24.7. The van der Waals surface area contributed by atoms with Crippen molar-refractivity contribution in [2.24, 2.45) is 11.8 Å². The molecule has 1 aliphatic rings. The molecule has 6 heteroatoms. The second-order valence-electron chi connectivity index (χ2n) is 6.06. The molecule has 2 unspecified atom stereocenters. The Kier molecular flexibility index (Phi) is 5.30. The molecule has 1 fully saturated rings. The van der Waals surface area contributed by atoms with Gasteiger partial charge in [-0.3, -0.25) is 9.59 Å². The fraction of sp³-hybridized carbons (Fsp3) is 0.263. The summed E-state index contributed by atoms with van der Waals surface area (Å²) in [6.45, 7) is 2.03. The summed E-state index contributed by atoms with van der Waals surface area (Å²) in [6.07, 6.45) is 1.36. The Labute approximate surface area is 156 Å². The molecule has 0 aliphatic heterocycles. The van der Waals surface area contributed by atoms with Gasteiger partial charge in [0.25, 0.3) is 0 Å². The molecule has 2 N–H and O–H groups in total. The van der Waals surface area contributed by atoms with E-state index in [1.807, 2.05) is 31.2 Å². The minimum Gasteiger partial charge on any atom is -0.326 e. The fourth-order valence-corrected chi connectivity index (χ4v) is 3.11. The number of benzene rings is 2. The topological polar surface area (TPSA) is 58.2 Å². The van der Waals surface area contributed by atoms with Crippen LogP contribution in [-0.4, -0.2) is 11.8 Å². The SMILES string of the molecule is CCc1ccccc1NC(=O)C1CC1C(=O)Nc1cc(Cl)ccc1Cl. The Bertz CT molecular complexity index is 823. The summed E-state index contributed by atoms with van der Waals surface area (Å²) < 4.78 is 0. The van der Waals surface area contributed by atoms with E-state index in [9.17, 15) is 9.59 Å². The van der Waals surface area contributed by atoms with Crippen LogP contribution in [0, 0.1) is 11.8 Å². The van der Waals surface area contributed by atoms with Gasteiger partial charge in [-0.2, -0.15) is 0 Å². The lowest BCUT2D eigenvalue weighted by atomic mass is 10.1. The van der Waals surface area contributed by atoms with Crippen LogP contribution in [0.25, 0.3) is 0 Å². The summed E-state index contributed by atoms with van der Waals surface area (Å²) in [5, 5.41) is 6.58. The van der Waals surface area contributed by atoms with Crippen molar-refractivity contribution in [3.05, 3.63) is 58.1 Å². The number of para-hydroxylation sites is 1. The third kappa shape index (κ3) is 4.14. The van der Waals surface area contributed by atoms with Crippen LogP contribution in [-0.2, 0) is 16.0 Å². The molecule has 130 valence electrons. The van der Waals surface area contributed by atoms with Crippen molar-refractivity contribution in [2.75, 3.05) is 10.6 Å². The molecule has 25 heavy (non-hydrogen) atoms. The Hall–Kier alpha value is -2.04. The van der Waals surface area contributed by atoms with Crippen LogP contribution in [0.1, 0.15) is 18.9 Å². The van der Waals surface area contributed by atoms with Crippen molar-refractivity contribution in [3.8, 4) is 0 Å². The molecule has 0 bridgehead atoms. The molecule has 2 aromatic carbocycles. The maximum absolute atomic E-state index is 12.4. The summed E-state index contributed by atoms with van der Waals surface area (Å²) in [6, 6.07) is 12.5. The molecule has 2 atom stereocenters. The van der Waals surface area contributed by atoms with Crippen LogP contribution in [0.15, 0.2) is 42.5 Å². The first-order chi connectivity index (χ1) is 12.0. The predicted octanol–water partition coefficient (Wildman–Crippen LogP) is 4.77. The lowest BCUT2D eigenvalue weighted by Crippen LogP contribution is -2.21. The van der Waals surface area contributed by atoms with Gasteiger partial charge in [0.15, 0.2) is 0 Å². The fourth-order valence-electron chi connectivity index (χ4n) is 2.77. The first kappa shape index (κ1) is 17.8. The zero-order valence-electron chi connectivity index (χ0n) is 13.7. The first-order valence-corrected chi connectivity index (χ1v) is 8.90. The van der Waals surface area contributed by atoms with Crippen molar-refractivity contribution in [2.45, 2.75) is 19.8 Å². The highest BCUT2D eigenvalue weighted by atomic mass is 35.5. The molecular weight excluding hydrogens is 359 g/mol. The number of halogens is 2. The monoisotopic (exact) mass is 376 g/mol. The van der Waals surface area contributed by atoms with E-state index in [4.69, 9.17) is 23.2 Å². The van der Waals surface area contributed by atoms with E-state index in [2.05, 4.69) is 10.6 Å². The van der Waals surface area contributed by atoms with Crippen LogP contribution in [0.5, 0.6) is 0 Å². The van der Waals surface area contributed by atoms with Gasteiger partial charge in [-0.25, -0.2) is 0 Å². The standard InChI is InChI=1S/C19H18Cl2N2O2/c1-2-11-5-3-4-6-16(11)22-18(24)13-10-14(13)19(25)23-17-9-12(20)7-8-15(17)21/h3-9,13-14H,2,10H2,1H3,(H,22,24)(H,23,25). The normalized spacial score (nSPS) is 18.5. The second kappa shape index (κ2) is 7.46.